The van der Waals surface area contributed by atoms with Crippen LogP contribution < -0.4 is 0 Å². The molecule has 0 fully saturated rings. The van der Waals surface area contributed by atoms with Gasteiger partial charge in [0.1, 0.15) is 0 Å². The average Bonchev–Trinajstić information content (AvgIpc) is 3.74. The van der Waals surface area contributed by atoms with Crippen LogP contribution in [-0.4, -0.2) is 0 Å². The molecule has 0 saturated heterocycles. The van der Waals surface area contributed by atoms with Crippen molar-refractivity contribution in [2.45, 2.75) is 0 Å². The molecule has 0 spiro atoms. The van der Waals surface area contributed by atoms with Gasteiger partial charge in [-0.05, 0) is 129 Å². The molecule has 50 heavy (non-hydrogen) atoms. The maximum atomic E-state index is 10.4. The first kappa shape index (κ1) is 29.6. The normalized spacial score (nSPS) is 11.1. The molecule has 0 radical (unpaired) electrons. The number of nitriles is 3. The lowest BCUT2D eigenvalue weighted by Crippen LogP contribution is -1.90. The molecule has 0 aliphatic rings. The zero-order chi connectivity index (χ0) is 33.8. The van der Waals surface area contributed by atoms with Crippen LogP contribution in [0.4, 0.5) is 0 Å². The van der Waals surface area contributed by atoms with Gasteiger partial charge in [0.15, 0.2) is 0 Å². The molecule has 7 aromatic carbocycles. The molecule has 0 N–H and O–H groups in total. The fraction of sp³-hybridized carbons (Fsp3) is 0. The minimum Gasteiger partial charge on any atom is -0.192 e. The first-order valence-corrected chi connectivity index (χ1v) is 17.7. The summed E-state index contributed by atoms with van der Waals surface area (Å²) in [6.45, 7) is 0. The Balaban J connectivity index is 1.26. The van der Waals surface area contributed by atoms with Gasteiger partial charge in [0.2, 0.25) is 0 Å². The second kappa shape index (κ2) is 11.9. The lowest BCUT2D eigenvalue weighted by Gasteiger charge is -2.14. The highest BCUT2D eigenvalue weighted by atomic mass is 32.1. The number of benzene rings is 7. The largest absolute Gasteiger partial charge is 0.192 e. The molecule has 9 aromatic rings. The zero-order valence-corrected chi connectivity index (χ0v) is 28.1. The molecule has 0 unspecified atom stereocenters. The lowest BCUT2D eigenvalue weighted by molar-refractivity contribution is 1.47. The SMILES string of the molecule is N#Cc1ccc2sc3ccc(-c4cc(-c5ccc6sc7ccc(C#N)cc7c6c5)cc(-c5ccc(-c6ccccc6)cc5C#N)c4)cc3c2c1. The Morgan fingerprint density at radius 2 is 0.800 bits per heavy atom. The van der Waals surface area contributed by atoms with Crippen LogP contribution in [0.15, 0.2) is 140 Å². The van der Waals surface area contributed by atoms with Crippen LogP contribution >= 0.6 is 22.7 Å². The Bertz CT molecular complexity index is 2810. The summed E-state index contributed by atoms with van der Waals surface area (Å²) < 4.78 is 4.65. The molecule has 0 aliphatic heterocycles. The summed E-state index contributed by atoms with van der Waals surface area (Å²) in [5, 5.41) is 34.0. The van der Waals surface area contributed by atoms with E-state index >= 15 is 0 Å². The van der Waals surface area contributed by atoms with Crippen molar-refractivity contribution in [3.63, 3.8) is 0 Å². The number of rotatable bonds is 4. The Kier molecular flexibility index (Phi) is 7.01. The van der Waals surface area contributed by atoms with Crippen LogP contribution in [0.2, 0.25) is 0 Å². The maximum Gasteiger partial charge on any atom is 0.0998 e. The van der Waals surface area contributed by atoms with E-state index in [1.807, 2.05) is 60.7 Å². The van der Waals surface area contributed by atoms with Crippen LogP contribution in [0.3, 0.4) is 0 Å². The highest BCUT2D eigenvalue weighted by Gasteiger charge is 2.15. The Hall–Kier alpha value is -6.55. The summed E-state index contributed by atoms with van der Waals surface area (Å²) in [5.74, 6) is 0. The summed E-state index contributed by atoms with van der Waals surface area (Å²) in [4.78, 5) is 0. The van der Waals surface area contributed by atoms with Crippen molar-refractivity contribution in [3.05, 3.63) is 156 Å². The van der Waals surface area contributed by atoms with Crippen molar-refractivity contribution >= 4 is 63.0 Å². The van der Waals surface area contributed by atoms with Gasteiger partial charge in [-0.1, -0.05) is 54.6 Å². The number of hydrogen-bond donors (Lipinski definition) is 0. The highest BCUT2D eigenvalue weighted by Crippen LogP contribution is 2.42. The van der Waals surface area contributed by atoms with Crippen LogP contribution in [0.25, 0.3) is 84.9 Å². The quantitative estimate of drug-likeness (QED) is 0.187. The standard InChI is InChI=1S/C45H23N3S2/c46-24-27-6-12-42-38(16-27)40-22-31(9-14-44(40)49-42)33-19-34(32-10-15-45-41(23-32)39-17-28(25-47)7-13-43(39)50-45)21-35(20-33)37-11-8-30(18-36(37)26-48)29-4-2-1-3-5-29/h1-23H. The van der Waals surface area contributed by atoms with Crippen LogP contribution in [0, 0.1) is 34.0 Å². The highest BCUT2D eigenvalue weighted by molar-refractivity contribution is 7.26. The lowest BCUT2D eigenvalue weighted by atomic mass is 9.90. The van der Waals surface area contributed by atoms with Crippen LogP contribution in [0.5, 0.6) is 0 Å². The molecule has 230 valence electrons. The van der Waals surface area contributed by atoms with E-state index in [0.29, 0.717) is 16.7 Å². The molecule has 0 atom stereocenters. The van der Waals surface area contributed by atoms with Gasteiger partial charge in [0.05, 0.1) is 34.9 Å². The second-order valence-electron chi connectivity index (χ2n) is 12.3. The molecule has 2 heterocycles. The molecule has 0 amide bonds. The predicted octanol–water partition coefficient (Wildman–Crippen LogP) is 12.7. The Labute approximate surface area is 296 Å². The smallest absolute Gasteiger partial charge is 0.0998 e. The molecular weight excluding hydrogens is 647 g/mol. The molecule has 5 heteroatoms. The van der Waals surface area contributed by atoms with E-state index in [0.717, 1.165) is 75.5 Å². The molecular formula is C45H23N3S2. The summed E-state index contributed by atoms with van der Waals surface area (Å²) in [6, 6.07) is 54.7. The van der Waals surface area contributed by atoms with Gasteiger partial charge in [-0.15, -0.1) is 22.7 Å². The summed E-state index contributed by atoms with van der Waals surface area (Å²) in [5.41, 5.74) is 9.99. The minimum absolute atomic E-state index is 0.612. The molecule has 9 rings (SSSR count). The van der Waals surface area contributed by atoms with Crippen molar-refractivity contribution in [3.8, 4) is 62.7 Å². The second-order valence-corrected chi connectivity index (χ2v) is 14.5. The van der Waals surface area contributed by atoms with Crippen LogP contribution in [-0.2, 0) is 0 Å². The third-order valence-electron chi connectivity index (χ3n) is 9.35. The van der Waals surface area contributed by atoms with Crippen molar-refractivity contribution in [1.82, 2.24) is 0 Å². The van der Waals surface area contributed by atoms with Gasteiger partial charge < -0.3 is 0 Å². The molecule has 0 aliphatic carbocycles. The van der Waals surface area contributed by atoms with Gasteiger partial charge in [0.25, 0.3) is 0 Å². The first-order valence-electron chi connectivity index (χ1n) is 16.1. The third kappa shape index (κ3) is 5.00. The number of fused-ring (bicyclic) bond motifs is 6. The summed E-state index contributed by atoms with van der Waals surface area (Å²) in [7, 11) is 0. The summed E-state index contributed by atoms with van der Waals surface area (Å²) in [6.07, 6.45) is 0. The van der Waals surface area contributed by atoms with E-state index in [1.165, 1.54) is 9.40 Å². The van der Waals surface area contributed by atoms with Gasteiger partial charge >= 0.3 is 0 Å². The van der Waals surface area contributed by atoms with Crippen molar-refractivity contribution in [2.75, 3.05) is 0 Å². The molecule has 0 saturated carbocycles. The van der Waals surface area contributed by atoms with Crippen molar-refractivity contribution < 1.29 is 0 Å². The fourth-order valence-corrected chi connectivity index (χ4v) is 9.00. The first-order chi connectivity index (χ1) is 24.6. The van der Waals surface area contributed by atoms with E-state index in [1.54, 1.807) is 22.7 Å². The number of nitrogens with zero attached hydrogens (tertiary/aromatic N) is 3. The molecule has 2 aromatic heterocycles. The van der Waals surface area contributed by atoms with Gasteiger partial charge in [-0.3, -0.25) is 0 Å². The Morgan fingerprint density at radius 3 is 1.32 bits per heavy atom. The van der Waals surface area contributed by atoms with E-state index in [-0.39, 0.29) is 0 Å². The van der Waals surface area contributed by atoms with Gasteiger partial charge in [-0.25, -0.2) is 0 Å². The number of hydrogen-bond acceptors (Lipinski definition) is 5. The molecule has 3 nitrogen and oxygen atoms in total. The van der Waals surface area contributed by atoms with E-state index in [2.05, 4.69) is 97.1 Å². The topological polar surface area (TPSA) is 71.4 Å². The number of thiophene rings is 2. The predicted molar refractivity (Wildman–Crippen MR) is 208 cm³/mol. The van der Waals surface area contributed by atoms with Crippen LogP contribution in [0.1, 0.15) is 16.7 Å². The molecule has 0 bridgehead atoms. The van der Waals surface area contributed by atoms with Crippen molar-refractivity contribution in [2.24, 2.45) is 0 Å². The van der Waals surface area contributed by atoms with Gasteiger partial charge in [-0.2, -0.15) is 15.8 Å². The minimum atomic E-state index is 0.612. The average molecular weight is 670 g/mol. The Morgan fingerprint density at radius 1 is 0.340 bits per heavy atom. The summed E-state index contributed by atoms with van der Waals surface area (Å²) >= 11 is 3.46. The van der Waals surface area contributed by atoms with E-state index in [4.69, 9.17) is 0 Å². The monoisotopic (exact) mass is 669 g/mol. The van der Waals surface area contributed by atoms with E-state index in [9.17, 15) is 15.8 Å². The van der Waals surface area contributed by atoms with Crippen molar-refractivity contribution in [1.29, 1.82) is 15.8 Å². The van der Waals surface area contributed by atoms with Gasteiger partial charge in [0, 0.05) is 40.3 Å². The fourth-order valence-electron chi connectivity index (χ4n) is 6.87. The maximum absolute atomic E-state index is 10.4. The zero-order valence-electron chi connectivity index (χ0n) is 26.4. The third-order valence-corrected chi connectivity index (χ3v) is 11.7. The van der Waals surface area contributed by atoms with E-state index < -0.39 is 0 Å².